The molecule has 0 fully saturated rings. The van der Waals surface area contributed by atoms with E-state index in [2.05, 4.69) is 20.5 Å². The lowest BCUT2D eigenvalue weighted by atomic mass is 10.2. The Morgan fingerprint density at radius 2 is 1.77 bits per heavy atom. The van der Waals surface area contributed by atoms with E-state index in [1.54, 1.807) is 53.4 Å². The van der Waals surface area contributed by atoms with Crippen LogP contribution >= 0.6 is 0 Å². The second-order valence-electron chi connectivity index (χ2n) is 6.46. The molecule has 2 heterocycles. The summed E-state index contributed by atoms with van der Waals surface area (Å²) in [5, 5.41) is 21.6. The van der Waals surface area contributed by atoms with Gasteiger partial charge in [-0.15, -0.1) is 10.2 Å². The topological polar surface area (TPSA) is 125 Å². The molecule has 4 rings (SSSR count). The number of carbonyl (C=O) groups is 1. The van der Waals surface area contributed by atoms with Gasteiger partial charge in [0.05, 0.1) is 4.92 Å². The minimum Gasteiger partial charge on any atom is -0.438 e. The van der Waals surface area contributed by atoms with E-state index >= 15 is 0 Å². The highest BCUT2D eigenvalue weighted by Gasteiger charge is 2.10. The molecule has 0 saturated heterocycles. The zero-order chi connectivity index (χ0) is 21.8. The number of amides is 1. The maximum absolute atomic E-state index is 12.3. The molecule has 10 heteroatoms. The predicted octanol–water partition coefficient (Wildman–Crippen LogP) is 3.92. The average Bonchev–Trinajstić information content (AvgIpc) is 3.21. The second kappa shape index (κ2) is 8.41. The van der Waals surface area contributed by atoms with Gasteiger partial charge in [-0.05, 0) is 49.4 Å². The molecule has 31 heavy (non-hydrogen) atoms. The number of hydrogen-bond donors (Lipinski definition) is 1. The van der Waals surface area contributed by atoms with Crippen LogP contribution in [0.2, 0.25) is 0 Å². The first-order valence-corrected chi connectivity index (χ1v) is 9.17. The molecule has 1 amide bonds. The fourth-order valence-corrected chi connectivity index (χ4v) is 2.78. The third-order valence-electron chi connectivity index (χ3n) is 4.37. The van der Waals surface area contributed by atoms with Crippen molar-refractivity contribution in [3.8, 4) is 17.4 Å². The van der Waals surface area contributed by atoms with Crippen molar-refractivity contribution >= 4 is 17.3 Å². The summed E-state index contributed by atoms with van der Waals surface area (Å²) in [6.45, 7) is 1.87. The van der Waals surface area contributed by atoms with Gasteiger partial charge in [-0.3, -0.25) is 19.5 Å². The van der Waals surface area contributed by atoms with E-state index in [4.69, 9.17) is 4.74 Å². The zero-order valence-electron chi connectivity index (χ0n) is 16.3. The molecule has 0 aliphatic heterocycles. The summed E-state index contributed by atoms with van der Waals surface area (Å²) in [6.07, 6.45) is 3.48. The van der Waals surface area contributed by atoms with Gasteiger partial charge in [0.2, 0.25) is 5.88 Å². The maximum Gasteiger partial charge on any atom is 0.269 e. The first-order valence-electron chi connectivity index (χ1n) is 9.17. The van der Waals surface area contributed by atoms with Crippen molar-refractivity contribution in [1.29, 1.82) is 0 Å². The molecule has 0 bridgehead atoms. The Bertz CT molecular complexity index is 1220. The standard InChI is InChI=1S/C21H16N6O4/c1-14-22-12-13-26(14)19-10-11-20(25-24-19)31-18-8-4-16(5-9-18)23-21(28)15-2-6-17(7-3-15)27(29)30/h2-13H,1H3,(H,23,28). The molecule has 2 aromatic carbocycles. The molecular formula is C21H16N6O4. The molecule has 0 spiro atoms. The van der Waals surface area contributed by atoms with Crippen LogP contribution < -0.4 is 10.1 Å². The number of carbonyl (C=O) groups excluding carboxylic acids is 1. The number of hydrogen-bond acceptors (Lipinski definition) is 7. The van der Waals surface area contributed by atoms with Crippen molar-refractivity contribution in [3.63, 3.8) is 0 Å². The number of anilines is 1. The van der Waals surface area contributed by atoms with Crippen molar-refractivity contribution in [3.05, 3.63) is 94.6 Å². The zero-order valence-corrected chi connectivity index (χ0v) is 16.3. The summed E-state index contributed by atoms with van der Waals surface area (Å²) in [5.74, 6) is 1.90. The Kier molecular flexibility index (Phi) is 5.35. The van der Waals surface area contributed by atoms with E-state index in [0.717, 1.165) is 5.82 Å². The number of nitro groups is 1. The number of imidazole rings is 1. The third-order valence-corrected chi connectivity index (χ3v) is 4.37. The van der Waals surface area contributed by atoms with Crippen LogP contribution in [0.15, 0.2) is 73.1 Å². The van der Waals surface area contributed by atoms with Gasteiger partial charge in [0.1, 0.15) is 11.6 Å². The summed E-state index contributed by atoms with van der Waals surface area (Å²) >= 11 is 0. The molecule has 0 radical (unpaired) electrons. The highest BCUT2D eigenvalue weighted by molar-refractivity contribution is 6.04. The van der Waals surface area contributed by atoms with E-state index in [-0.39, 0.29) is 11.6 Å². The minimum atomic E-state index is -0.517. The molecule has 0 atom stereocenters. The number of non-ortho nitro benzene ring substituents is 1. The van der Waals surface area contributed by atoms with Gasteiger partial charge < -0.3 is 10.1 Å². The van der Waals surface area contributed by atoms with Crippen molar-refractivity contribution in [2.75, 3.05) is 5.32 Å². The Hall–Kier alpha value is -4.60. The monoisotopic (exact) mass is 416 g/mol. The van der Waals surface area contributed by atoms with Crippen molar-refractivity contribution in [1.82, 2.24) is 19.7 Å². The van der Waals surface area contributed by atoms with Crippen LogP contribution in [0, 0.1) is 17.0 Å². The smallest absolute Gasteiger partial charge is 0.269 e. The normalized spacial score (nSPS) is 10.5. The molecule has 1 N–H and O–H groups in total. The number of ether oxygens (including phenoxy) is 1. The van der Waals surface area contributed by atoms with Crippen LogP contribution in [-0.4, -0.2) is 30.6 Å². The van der Waals surface area contributed by atoms with Crippen molar-refractivity contribution in [2.45, 2.75) is 6.92 Å². The number of nitro benzene ring substituents is 1. The van der Waals surface area contributed by atoms with Crippen LogP contribution in [0.3, 0.4) is 0 Å². The first-order chi connectivity index (χ1) is 15.0. The molecule has 0 aliphatic carbocycles. The molecular weight excluding hydrogens is 400 g/mol. The van der Waals surface area contributed by atoms with Crippen molar-refractivity contribution in [2.24, 2.45) is 0 Å². The first kappa shape index (κ1) is 19.7. The van der Waals surface area contributed by atoms with Gasteiger partial charge in [0, 0.05) is 41.8 Å². The van der Waals surface area contributed by atoms with Crippen LogP contribution in [0.25, 0.3) is 5.82 Å². The van der Waals surface area contributed by atoms with Gasteiger partial charge in [-0.2, -0.15) is 0 Å². The Balaban J connectivity index is 1.38. The number of aromatic nitrogens is 4. The van der Waals surface area contributed by atoms with E-state index in [0.29, 0.717) is 28.7 Å². The molecule has 10 nitrogen and oxygen atoms in total. The lowest BCUT2D eigenvalue weighted by Crippen LogP contribution is -2.11. The predicted molar refractivity (Wildman–Crippen MR) is 111 cm³/mol. The largest absolute Gasteiger partial charge is 0.438 e. The molecule has 2 aromatic heterocycles. The van der Waals surface area contributed by atoms with Gasteiger partial charge in [0.25, 0.3) is 11.6 Å². The summed E-state index contributed by atoms with van der Waals surface area (Å²) in [4.78, 5) is 26.6. The summed E-state index contributed by atoms with van der Waals surface area (Å²) < 4.78 is 7.49. The molecule has 154 valence electrons. The fraction of sp³-hybridized carbons (Fsp3) is 0.0476. The maximum atomic E-state index is 12.3. The van der Waals surface area contributed by atoms with Gasteiger partial charge in [-0.25, -0.2) is 4.98 Å². The average molecular weight is 416 g/mol. The number of nitrogens with zero attached hydrogens (tertiary/aromatic N) is 5. The van der Waals surface area contributed by atoms with Crippen LogP contribution in [0.5, 0.6) is 11.6 Å². The molecule has 0 saturated carbocycles. The SMILES string of the molecule is Cc1nccn1-c1ccc(Oc2ccc(NC(=O)c3ccc([N+](=O)[O-])cc3)cc2)nn1. The summed E-state index contributed by atoms with van der Waals surface area (Å²) in [6, 6.07) is 15.6. The Morgan fingerprint density at radius 3 is 2.35 bits per heavy atom. The van der Waals surface area contributed by atoms with E-state index in [1.165, 1.54) is 24.3 Å². The molecule has 4 aromatic rings. The van der Waals surface area contributed by atoms with E-state index < -0.39 is 4.92 Å². The van der Waals surface area contributed by atoms with Gasteiger partial charge in [-0.1, -0.05) is 0 Å². The summed E-state index contributed by atoms with van der Waals surface area (Å²) in [7, 11) is 0. The molecule has 0 unspecified atom stereocenters. The van der Waals surface area contributed by atoms with Crippen molar-refractivity contribution < 1.29 is 14.5 Å². The highest BCUT2D eigenvalue weighted by Crippen LogP contribution is 2.22. The lowest BCUT2D eigenvalue weighted by molar-refractivity contribution is -0.384. The quantitative estimate of drug-likeness (QED) is 0.373. The van der Waals surface area contributed by atoms with Gasteiger partial charge in [0.15, 0.2) is 5.82 Å². The van der Waals surface area contributed by atoms with Gasteiger partial charge >= 0.3 is 0 Å². The number of benzene rings is 2. The van der Waals surface area contributed by atoms with Crippen LogP contribution in [0.1, 0.15) is 16.2 Å². The minimum absolute atomic E-state index is 0.0747. The van der Waals surface area contributed by atoms with Crippen LogP contribution in [0.4, 0.5) is 11.4 Å². The van der Waals surface area contributed by atoms with E-state index in [9.17, 15) is 14.9 Å². The Labute approximate surface area is 176 Å². The number of nitrogens with one attached hydrogen (secondary N) is 1. The highest BCUT2D eigenvalue weighted by atomic mass is 16.6. The third kappa shape index (κ3) is 4.53. The summed E-state index contributed by atoms with van der Waals surface area (Å²) in [5.41, 5.74) is 0.788. The second-order valence-corrected chi connectivity index (χ2v) is 6.46. The lowest BCUT2D eigenvalue weighted by Gasteiger charge is -2.08. The fourth-order valence-electron chi connectivity index (χ4n) is 2.78. The Morgan fingerprint density at radius 1 is 1.03 bits per heavy atom. The number of rotatable bonds is 6. The van der Waals surface area contributed by atoms with Crippen LogP contribution in [-0.2, 0) is 0 Å². The number of aryl methyl sites for hydroxylation is 1. The molecule has 0 aliphatic rings. The van der Waals surface area contributed by atoms with E-state index in [1.807, 2.05) is 6.92 Å².